The van der Waals surface area contributed by atoms with Crippen LogP contribution in [0.3, 0.4) is 0 Å². The first-order valence-electron chi connectivity index (χ1n) is 8.03. The molecule has 4 nitrogen and oxygen atoms in total. The lowest BCUT2D eigenvalue weighted by Gasteiger charge is -2.27. The van der Waals surface area contributed by atoms with E-state index in [0.717, 1.165) is 49.5 Å². The largest absolute Gasteiger partial charge is 0.396 e. The summed E-state index contributed by atoms with van der Waals surface area (Å²) < 4.78 is 0. The molecule has 3 rings (SSSR count). The van der Waals surface area contributed by atoms with Crippen LogP contribution >= 0.6 is 11.6 Å². The van der Waals surface area contributed by atoms with Crippen LogP contribution in [0.15, 0.2) is 24.3 Å². The minimum Gasteiger partial charge on any atom is -0.396 e. The molecule has 1 heterocycles. The molecule has 2 fully saturated rings. The summed E-state index contributed by atoms with van der Waals surface area (Å²) in [5, 5.41) is 13.5. The lowest BCUT2D eigenvalue weighted by molar-refractivity contribution is -0.128. The molecule has 1 saturated heterocycles. The average molecular weight is 323 g/mol. The number of rotatable bonds is 5. The van der Waals surface area contributed by atoms with Crippen molar-refractivity contribution in [2.24, 2.45) is 11.8 Å². The van der Waals surface area contributed by atoms with Crippen molar-refractivity contribution >= 4 is 17.5 Å². The lowest BCUT2D eigenvalue weighted by Crippen LogP contribution is -2.45. The predicted octanol–water partition coefficient (Wildman–Crippen LogP) is 2.05. The van der Waals surface area contributed by atoms with Crippen molar-refractivity contribution in [3.63, 3.8) is 0 Å². The maximum absolute atomic E-state index is 12.1. The Kier molecular flexibility index (Phi) is 5.01. The number of carbonyl (C=O) groups excluding carboxylic acids is 1. The Morgan fingerprint density at radius 3 is 2.82 bits per heavy atom. The number of amides is 1. The van der Waals surface area contributed by atoms with Gasteiger partial charge in [0.2, 0.25) is 5.91 Å². The van der Waals surface area contributed by atoms with Crippen LogP contribution in [0.1, 0.15) is 24.8 Å². The van der Waals surface area contributed by atoms with E-state index in [1.807, 2.05) is 18.2 Å². The fourth-order valence-electron chi connectivity index (χ4n) is 3.30. The smallest absolute Gasteiger partial charge is 0.223 e. The van der Waals surface area contributed by atoms with E-state index in [1.165, 1.54) is 0 Å². The molecule has 0 spiro atoms. The van der Waals surface area contributed by atoms with Gasteiger partial charge in [-0.15, -0.1) is 0 Å². The van der Waals surface area contributed by atoms with Crippen LogP contribution < -0.4 is 5.32 Å². The van der Waals surface area contributed by atoms with Gasteiger partial charge in [-0.25, -0.2) is 0 Å². The molecule has 1 aliphatic carbocycles. The number of hydrogen-bond acceptors (Lipinski definition) is 3. The maximum Gasteiger partial charge on any atom is 0.223 e. The summed E-state index contributed by atoms with van der Waals surface area (Å²) in [6.07, 6.45) is 3.18. The van der Waals surface area contributed by atoms with Crippen LogP contribution in [0.4, 0.5) is 0 Å². The number of benzene rings is 1. The van der Waals surface area contributed by atoms with Crippen molar-refractivity contribution in [1.82, 2.24) is 10.2 Å². The summed E-state index contributed by atoms with van der Waals surface area (Å²) in [5.74, 6) is 0.476. The van der Waals surface area contributed by atoms with Gasteiger partial charge in [0.15, 0.2) is 0 Å². The highest BCUT2D eigenvalue weighted by atomic mass is 35.5. The van der Waals surface area contributed by atoms with Crippen LogP contribution in [0.5, 0.6) is 0 Å². The Labute approximate surface area is 136 Å². The van der Waals surface area contributed by atoms with Gasteiger partial charge in [0, 0.05) is 49.1 Å². The first-order chi connectivity index (χ1) is 10.7. The second-order valence-corrected chi connectivity index (χ2v) is 6.95. The van der Waals surface area contributed by atoms with E-state index < -0.39 is 0 Å². The molecule has 1 aromatic rings. The Morgan fingerprint density at radius 1 is 1.36 bits per heavy atom. The zero-order chi connectivity index (χ0) is 15.5. The normalized spacial score (nSPS) is 25.9. The molecule has 1 aliphatic heterocycles. The number of nitrogens with one attached hydrogen (secondary N) is 1. The van der Waals surface area contributed by atoms with E-state index in [9.17, 15) is 9.90 Å². The zero-order valence-corrected chi connectivity index (χ0v) is 13.4. The molecule has 0 bridgehead atoms. The second kappa shape index (κ2) is 6.99. The van der Waals surface area contributed by atoms with Crippen molar-refractivity contribution < 1.29 is 9.90 Å². The average Bonchev–Trinajstić information content (AvgIpc) is 2.78. The summed E-state index contributed by atoms with van der Waals surface area (Å²) >= 11 is 6.03. The van der Waals surface area contributed by atoms with E-state index in [1.54, 1.807) is 0 Å². The molecule has 0 aromatic heterocycles. The zero-order valence-electron chi connectivity index (χ0n) is 12.7. The molecule has 5 heteroatoms. The fourth-order valence-corrected chi connectivity index (χ4v) is 3.52. The molecular weight excluding hydrogens is 300 g/mol. The van der Waals surface area contributed by atoms with E-state index >= 15 is 0 Å². The Hall–Kier alpha value is -1.10. The molecule has 1 aromatic carbocycles. The minimum atomic E-state index is 0.0530. The number of carbonyl (C=O) groups is 1. The maximum atomic E-state index is 12.1. The molecule has 1 saturated carbocycles. The summed E-state index contributed by atoms with van der Waals surface area (Å²) in [4.78, 5) is 14.4. The molecule has 0 unspecified atom stereocenters. The summed E-state index contributed by atoms with van der Waals surface area (Å²) in [6, 6.07) is 7.90. The topological polar surface area (TPSA) is 52.6 Å². The number of aliphatic hydroxyl groups excluding tert-OH is 1. The summed E-state index contributed by atoms with van der Waals surface area (Å²) in [6.45, 7) is 2.50. The molecule has 2 aliphatic rings. The summed E-state index contributed by atoms with van der Waals surface area (Å²) in [5.41, 5.74) is 1.16. The van der Waals surface area contributed by atoms with E-state index in [0.29, 0.717) is 0 Å². The highest BCUT2D eigenvalue weighted by Crippen LogP contribution is 2.27. The van der Waals surface area contributed by atoms with Crippen molar-refractivity contribution in [2.45, 2.75) is 31.8 Å². The lowest BCUT2D eigenvalue weighted by atomic mass is 9.84. The molecule has 2 N–H and O–H groups in total. The van der Waals surface area contributed by atoms with Crippen molar-refractivity contribution in [3.05, 3.63) is 34.9 Å². The molecule has 2 atom stereocenters. The number of nitrogens with zero attached hydrogens (tertiary/aromatic N) is 1. The molecule has 22 heavy (non-hydrogen) atoms. The van der Waals surface area contributed by atoms with Gasteiger partial charge in [-0.3, -0.25) is 9.69 Å². The number of halogens is 1. The molecular formula is C17H23ClN2O2. The molecule has 120 valence electrons. The summed E-state index contributed by atoms with van der Waals surface area (Å²) in [7, 11) is 0. The first kappa shape index (κ1) is 15.8. The van der Waals surface area contributed by atoms with Crippen LogP contribution in [-0.2, 0) is 11.3 Å². The van der Waals surface area contributed by atoms with Crippen LogP contribution in [0.25, 0.3) is 0 Å². The van der Waals surface area contributed by atoms with Gasteiger partial charge in [-0.05, 0) is 30.5 Å². The predicted molar refractivity (Wildman–Crippen MR) is 86.6 cm³/mol. The Morgan fingerprint density at radius 2 is 2.18 bits per heavy atom. The van der Waals surface area contributed by atoms with Gasteiger partial charge in [0.05, 0.1) is 0 Å². The number of likely N-dealkylation sites (tertiary alicyclic amines) is 1. The van der Waals surface area contributed by atoms with Crippen LogP contribution in [0, 0.1) is 11.8 Å². The van der Waals surface area contributed by atoms with Gasteiger partial charge >= 0.3 is 0 Å². The third-order valence-corrected chi connectivity index (χ3v) is 5.09. The van der Waals surface area contributed by atoms with Crippen molar-refractivity contribution in [2.75, 3.05) is 19.7 Å². The number of aliphatic hydroxyl groups is 1. The second-order valence-electron chi connectivity index (χ2n) is 6.51. The third kappa shape index (κ3) is 3.62. The first-order valence-corrected chi connectivity index (χ1v) is 8.41. The quantitative estimate of drug-likeness (QED) is 0.872. The van der Waals surface area contributed by atoms with Gasteiger partial charge in [0.1, 0.15) is 0 Å². The highest BCUT2D eigenvalue weighted by molar-refractivity contribution is 6.30. The van der Waals surface area contributed by atoms with Crippen LogP contribution in [0.2, 0.25) is 5.02 Å². The SMILES string of the molecule is O=C(N[C@@H]1CN(Cc2cccc(Cl)c2)C[C@H]1CO)C1CCC1. The van der Waals surface area contributed by atoms with Gasteiger partial charge in [-0.2, -0.15) is 0 Å². The van der Waals surface area contributed by atoms with Crippen LogP contribution in [-0.4, -0.2) is 41.7 Å². The van der Waals surface area contributed by atoms with Gasteiger partial charge < -0.3 is 10.4 Å². The Balaban J connectivity index is 1.57. The van der Waals surface area contributed by atoms with Gasteiger partial charge in [0.25, 0.3) is 0 Å². The molecule has 1 amide bonds. The van der Waals surface area contributed by atoms with Crippen molar-refractivity contribution in [1.29, 1.82) is 0 Å². The van der Waals surface area contributed by atoms with Gasteiger partial charge in [-0.1, -0.05) is 30.2 Å². The minimum absolute atomic E-state index is 0.0530. The number of hydrogen-bond donors (Lipinski definition) is 2. The highest BCUT2D eigenvalue weighted by Gasteiger charge is 2.35. The van der Waals surface area contributed by atoms with E-state index in [2.05, 4.69) is 16.3 Å². The monoisotopic (exact) mass is 322 g/mol. The van der Waals surface area contributed by atoms with Crippen molar-refractivity contribution in [3.8, 4) is 0 Å². The third-order valence-electron chi connectivity index (χ3n) is 4.85. The van der Waals surface area contributed by atoms with E-state index in [-0.39, 0.29) is 30.4 Å². The fraction of sp³-hybridized carbons (Fsp3) is 0.588. The Bertz CT molecular complexity index is 533. The molecule has 0 radical (unpaired) electrons. The van der Waals surface area contributed by atoms with E-state index in [4.69, 9.17) is 11.6 Å². The standard InChI is InChI=1S/C17H23ClN2O2/c18-15-6-1-3-12(7-15)8-20-9-14(11-21)16(10-20)19-17(22)13-4-2-5-13/h1,3,6-7,13-14,16,21H,2,4-5,8-11H2,(H,19,22)/t14-,16+/m0/s1.